The Bertz CT molecular complexity index is 1460. The predicted octanol–water partition coefficient (Wildman–Crippen LogP) is 5.66. The third-order valence-corrected chi connectivity index (χ3v) is 4.95. The molecule has 0 spiro atoms. The Labute approximate surface area is 165 Å². The molecule has 6 aromatic rings. The predicted molar refractivity (Wildman–Crippen MR) is 114 cm³/mol. The summed E-state index contributed by atoms with van der Waals surface area (Å²) >= 11 is 0. The maximum Gasteiger partial charge on any atom is 0.198 e. The first kappa shape index (κ1) is 15.8. The highest BCUT2D eigenvalue weighted by Gasteiger charge is 2.13. The average Bonchev–Trinajstić information content (AvgIpc) is 3.40. The topological polar surface area (TPSA) is 79.6 Å². The summed E-state index contributed by atoms with van der Waals surface area (Å²) < 4.78 is 5.99. The van der Waals surface area contributed by atoms with Crippen LogP contribution in [0.2, 0.25) is 0 Å². The lowest BCUT2D eigenvalue weighted by atomic mass is 10.2. The van der Waals surface area contributed by atoms with E-state index in [9.17, 15) is 0 Å². The van der Waals surface area contributed by atoms with Crippen LogP contribution in [-0.2, 0) is 0 Å². The maximum absolute atomic E-state index is 5.99. The van der Waals surface area contributed by atoms with Crippen molar-refractivity contribution in [1.29, 1.82) is 0 Å². The zero-order valence-corrected chi connectivity index (χ0v) is 15.3. The number of aromatic amines is 1. The SMILES string of the molecule is c1ccc2oc(-c3nc(Nc4ccc5[nH]ncc5c4)c4ccccc4n3)cc2c1. The van der Waals surface area contributed by atoms with Gasteiger partial charge in [-0.25, -0.2) is 9.97 Å². The van der Waals surface area contributed by atoms with Gasteiger partial charge in [-0.3, -0.25) is 5.10 Å². The molecule has 3 aromatic heterocycles. The van der Waals surface area contributed by atoms with Crippen LogP contribution in [0.1, 0.15) is 0 Å². The van der Waals surface area contributed by atoms with E-state index in [0.717, 1.165) is 44.3 Å². The van der Waals surface area contributed by atoms with Crippen molar-refractivity contribution >= 4 is 44.3 Å². The molecule has 0 amide bonds. The highest BCUT2D eigenvalue weighted by molar-refractivity contribution is 5.93. The Morgan fingerprint density at radius 3 is 2.69 bits per heavy atom. The van der Waals surface area contributed by atoms with Crippen LogP contribution >= 0.6 is 0 Å². The average molecular weight is 377 g/mol. The van der Waals surface area contributed by atoms with Crippen LogP contribution in [0.3, 0.4) is 0 Å². The minimum absolute atomic E-state index is 0.548. The molecule has 2 N–H and O–H groups in total. The molecule has 0 saturated heterocycles. The second-order valence-corrected chi connectivity index (χ2v) is 6.86. The monoisotopic (exact) mass is 377 g/mol. The summed E-state index contributed by atoms with van der Waals surface area (Å²) in [7, 11) is 0. The summed E-state index contributed by atoms with van der Waals surface area (Å²) in [5.74, 6) is 1.92. The summed E-state index contributed by atoms with van der Waals surface area (Å²) in [6.07, 6.45) is 1.80. The number of H-pyrrole nitrogens is 1. The molecular formula is C23H15N5O. The van der Waals surface area contributed by atoms with Gasteiger partial charge in [0.2, 0.25) is 0 Å². The summed E-state index contributed by atoms with van der Waals surface area (Å²) in [6, 6.07) is 23.9. The van der Waals surface area contributed by atoms with E-state index in [1.165, 1.54) is 0 Å². The number of nitrogens with zero attached hydrogens (tertiary/aromatic N) is 3. The summed E-state index contributed by atoms with van der Waals surface area (Å²) in [4.78, 5) is 9.51. The van der Waals surface area contributed by atoms with Crippen LogP contribution in [-0.4, -0.2) is 20.2 Å². The Morgan fingerprint density at radius 2 is 1.72 bits per heavy atom. The Morgan fingerprint density at radius 1 is 0.828 bits per heavy atom. The highest BCUT2D eigenvalue weighted by atomic mass is 16.3. The number of benzene rings is 3. The first-order valence-corrected chi connectivity index (χ1v) is 9.29. The van der Waals surface area contributed by atoms with Crippen molar-refractivity contribution in [1.82, 2.24) is 20.2 Å². The lowest BCUT2D eigenvalue weighted by Crippen LogP contribution is -1.99. The van der Waals surface area contributed by atoms with Gasteiger partial charge in [-0.15, -0.1) is 0 Å². The molecule has 3 heterocycles. The third kappa shape index (κ3) is 2.70. The molecule has 138 valence electrons. The minimum Gasteiger partial charge on any atom is -0.453 e. The molecule has 6 nitrogen and oxygen atoms in total. The van der Waals surface area contributed by atoms with Gasteiger partial charge in [0.15, 0.2) is 11.6 Å². The fourth-order valence-corrected chi connectivity index (χ4v) is 3.53. The standard InChI is InChI=1S/C23H15N5O/c1-4-8-20-14(5-1)12-21(29-20)23-26-19-7-3-2-6-17(19)22(27-23)25-16-9-10-18-15(11-16)13-24-28-18/h1-13H,(H,24,28)(H,25,26,27). The van der Waals surface area contributed by atoms with Gasteiger partial charge in [0.1, 0.15) is 11.4 Å². The number of para-hydroxylation sites is 2. The number of furan rings is 1. The first-order chi connectivity index (χ1) is 14.3. The molecule has 0 fully saturated rings. The van der Waals surface area contributed by atoms with Gasteiger partial charge in [-0.05, 0) is 42.5 Å². The van der Waals surface area contributed by atoms with Gasteiger partial charge < -0.3 is 9.73 Å². The fraction of sp³-hybridized carbons (Fsp3) is 0. The maximum atomic E-state index is 5.99. The van der Waals surface area contributed by atoms with Crippen molar-refractivity contribution in [3.05, 3.63) is 79.0 Å². The molecule has 0 radical (unpaired) electrons. The van der Waals surface area contributed by atoms with E-state index in [1.807, 2.05) is 72.8 Å². The lowest BCUT2D eigenvalue weighted by Gasteiger charge is -2.10. The molecular weight excluding hydrogens is 362 g/mol. The van der Waals surface area contributed by atoms with Crippen molar-refractivity contribution in [3.8, 4) is 11.6 Å². The molecule has 0 unspecified atom stereocenters. The molecule has 0 aliphatic rings. The van der Waals surface area contributed by atoms with E-state index in [-0.39, 0.29) is 0 Å². The van der Waals surface area contributed by atoms with Crippen LogP contribution in [0, 0.1) is 0 Å². The molecule has 6 heteroatoms. The number of fused-ring (bicyclic) bond motifs is 3. The van der Waals surface area contributed by atoms with Gasteiger partial charge >= 0.3 is 0 Å². The first-order valence-electron chi connectivity index (χ1n) is 9.29. The molecule has 0 aliphatic heterocycles. The van der Waals surface area contributed by atoms with Gasteiger partial charge in [-0.2, -0.15) is 5.10 Å². The molecule has 0 bridgehead atoms. The van der Waals surface area contributed by atoms with E-state index in [4.69, 9.17) is 14.4 Å². The second kappa shape index (κ2) is 6.17. The van der Waals surface area contributed by atoms with Crippen molar-refractivity contribution in [2.45, 2.75) is 0 Å². The fourth-order valence-electron chi connectivity index (χ4n) is 3.53. The van der Waals surface area contributed by atoms with Crippen LogP contribution in [0.4, 0.5) is 11.5 Å². The van der Waals surface area contributed by atoms with Crippen LogP contribution in [0.15, 0.2) is 83.4 Å². The second-order valence-electron chi connectivity index (χ2n) is 6.86. The number of anilines is 2. The van der Waals surface area contributed by atoms with Crippen molar-refractivity contribution in [3.63, 3.8) is 0 Å². The van der Waals surface area contributed by atoms with Gasteiger partial charge in [-0.1, -0.05) is 30.3 Å². The normalized spacial score (nSPS) is 11.4. The molecule has 3 aromatic carbocycles. The lowest BCUT2D eigenvalue weighted by molar-refractivity contribution is 0.626. The van der Waals surface area contributed by atoms with Crippen LogP contribution in [0.25, 0.3) is 44.4 Å². The number of hydrogen-bond donors (Lipinski definition) is 2. The Kier molecular flexibility index (Phi) is 3.37. The van der Waals surface area contributed by atoms with E-state index < -0.39 is 0 Å². The minimum atomic E-state index is 0.548. The summed E-state index contributed by atoms with van der Waals surface area (Å²) in [6.45, 7) is 0. The van der Waals surface area contributed by atoms with Crippen LogP contribution in [0.5, 0.6) is 0 Å². The van der Waals surface area contributed by atoms with Crippen LogP contribution < -0.4 is 5.32 Å². The van der Waals surface area contributed by atoms with Gasteiger partial charge in [0.25, 0.3) is 0 Å². The number of hydrogen-bond acceptors (Lipinski definition) is 5. The molecule has 29 heavy (non-hydrogen) atoms. The summed E-state index contributed by atoms with van der Waals surface area (Å²) in [5.41, 5.74) is 3.59. The largest absolute Gasteiger partial charge is 0.453 e. The highest BCUT2D eigenvalue weighted by Crippen LogP contribution is 2.31. The van der Waals surface area contributed by atoms with Crippen molar-refractivity contribution in [2.75, 3.05) is 5.32 Å². The molecule has 6 rings (SSSR count). The Balaban J connectivity index is 1.50. The Hall–Kier alpha value is -4.19. The molecule has 0 aliphatic carbocycles. The van der Waals surface area contributed by atoms with Gasteiger partial charge in [0, 0.05) is 21.8 Å². The quantitative estimate of drug-likeness (QED) is 0.416. The molecule has 0 saturated carbocycles. The smallest absolute Gasteiger partial charge is 0.198 e. The van der Waals surface area contributed by atoms with Crippen molar-refractivity contribution < 1.29 is 4.42 Å². The summed E-state index contributed by atoms with van der Waals surface area (Å²) in [5, 5.41) is 13.5. The number of rotatable bonds is 3. The number of aromatic nitrogens is 4. The number of nitrogens with one attached hydrogen (secondary N) is 2. The zero-order chi connectivity index (χ0) is 19.2. The van der Waals surface area contributed by atoms with E-state index in [2.05, 4.69) is 15.5 Å². The third-order valence-electron chi connectivity index (χ3n) is 4.95. The van der Waals surface area contributed by atoms with E-state index in [0.29, 0.717) is 11.6 Å². The zero-order valence-electron chi connectivity index (χ0n) is 15.3. The van der Waals surface area contributed by atoms with E-state index >= 15 is 0 Å². The van der Waals surface area contributed by atoms with Gasteiger partial charge in [0.05, 0.1) is 17.2 Å². The van der Waals surface area contributed by atoms with E-state index in [1.54, 1.807) is 6.20 Å². The molecule has 0 atom stereocenters. The van der Waals surface area contributed by atoms with Crippen molar-refractivity contribution in [2.24, 2.45) is 0 Å².